The predicted molar refractivity (Wildman–Crippen MR) is 58.2 cm³/mol. The first-order chi connectivity index (χ1) is 7.02. The lowest BCUT2D eigenvalue weighted by Crippen LogP contribution is -2.51. The summed E-state index contributed by atoms with van der Waals surface area (Å²) in [7, 11) is 1.54. The van der Waals surface area contributed by atoms with Gasteiger partial charge < -0.3 is 5.32 Å². The molecule has 1 fully saturated rings. The second-order valence-electron chi connectivity index (χ2n) is 4.07. The number of piperidine rings is 1. The summed E-state index contributed by atoms with van der Waals surface area (Å²) in [5, 5.41) is 3.13. The van der Waals surface area contributed by atoms with Gasteiger partial charge in [-0.15, -0.1) is 0 Å². The van der Waals surface area contributed by atoms with E-state index < -0.39 is 0 Å². The van der Waals surface area contributed by atoms with Crippen molar-refractivity contribution in [3.8, 4) is 0 Å². The number of likely N-dealkylation sites (N-methyl/N-ethyl adjacent to an activating group) is 1. The number of hydrogen-bond acceptors (Lipinski definition) is 3. The van der Waals surface area contributed by atoms with E-state index >= 15 is 0 Å². The number of hydrogen-bond donors (Lipinski definition) is 1. The number of amides is 2. The van der Waals surface area contributed by atoms with Gasteiger partial charge >= 0.3 is 0 Å². The first-order valence-electron chi connectivity index (χ1n) is 5.19. The smallest absolute Gasteiger partial charge is 0.246 e. The van der Waals surface area contributed by atoms with Crippen molar-refractivity contribution >= 4 is 11.8 Å². The Labute approximate surface area is 90.3 Å². The zero-order chi connectivity index (χ0) is 11.4. The number of likely N-dealkylation sites (tertiary alicyclic amines) is 1. The van der Waals surface area contributed by atoms with Gasteiger partial charge in [-0.1, -0.05) is 11.6 Å². The van der Waals surface area contributed by atoms with Crippen LogP contribution in [0.1, 0.15) is 26.7 Å². The molecule has 4 heteroatoms. The van der Waals surface area contributed by atoms with E-state index in [0.29, 0.717) is 19.4 Å². The lowest BCUT2D eigenvalue weighted by molar-refractivity contribution is -0.147. The van der Waals surface area contributed by atoms with E-state index in [1.807, 2.05) is 19.9 Å². The first kappa shape index (κ1) is 11.9. The minimum absolute atomic E-state index is 0.0831. The third-order valence-corrected chi connectivity index (χ3v) is 2.52. The molecule has 0 saturated carbocycles. The predicted octanol–water partition coefficient (Wildman–Crippen LogP) is 0.690. The molecular formula is C11H18N2O2. The number of allylic oxidation sites excluding steroid dienone is 1. The normalized spacial score (nSPS) is 21.8. The second kappa shape index (κ2) is 5.07. The molecule has 0 aliphatic carbocycles. The molecular weight excluding hydrogens is 192 g/mol. The summed E-state index contributed by atoms with van der Waals surface area (Å²) in [5.41, 5.74) is 1.22. The quantitative estimate of drug-likeness (QED) is 0.551. The Morgan fingerprint density at radius 2 is 2.20 bits per heavy atom. The molecule has 0 aromatic heterocycles. The van der Waals surface area contributed by atoms with Gasteiger partial charge in [0.1, 0.15) is 0 Å². The summed E-state index contributed by atoms with van der Waals surface area (Å²) >= 11 is 0. The van der Waals surface area contributed by atoms with E-state index in [9.17, 15) is 9.59 Å². The fraction of sp³-hybridized carbons (Fsp3) is 0.636. The average Bonchev–Trinajstić information content (AvgIpc) is 2.18. The van der Waals surface area contributed by atoms with Gasteiger partial charge in [-0.05, 0) is 20.3 Å². The lowest BCUT2D eigenvalue weighted by atomic mass is 10.0. The van der Waals surface area contributed by atoms with Gasteiger partial charge in [-0.2, -0.15) is 0 Å². The number of rotatable bonds is 3. The number of nitrogens with zero attached hydrogens (tertiary/aromatic N) is 1. The third kappa shape index (κ3) is 3.16. The first-order valence-corrected chi connectivity index (χ1v) is 5.19. The highest BCUT2D eigenvalue weighted by Crippen LogP contribution is 2.11. The van der Waals surface area contributed by atoms with Gasteiger partial charge in [-0.25, -0.2) is 0 Å². The van der Waals surface area contributed by atoms with Crippen LogP contribution in [-0.4, -0.2) is 36.3 Å². The van der Waals surface area contributed by atoms with Crippen molar-refractivity contribution in [3.05, 3.63) is 11.6 Å². The summed E-state index contributed by atoms with van der Waals surface area (Å²) < 4.78 is 0. The van der Waals surface area contributed by atoms with Crippen LogP contribution >= 0.6 is 0 Å². The molecule has 4 nitrogen and oxygen atoms in total. The Morgan fingerprint density at radius 3 is 2.80 bits per heavy atom. The van der Waals surface area contributed by atoms with Crippen LogP contribution in [0, 0.1) is 0 Å². The fourth-order valence-electron chi connectivity index (χ4n) is 1.51. The second-order valence-corrected chi connectivity index (χ2v) is 4.07. The number of nitrogens with one attached hydrogen (secondary N) is 1. The van der Waals surface area contributed by atoms with Crippen molar-refractivity contribution in [2.75, 3.05) is 13.6 Å². The van der Waals surface area contributed by atoms with Crippen molar-refractivity contribution in [1.29, 1.82) is 0 Å². The van der Waals surface area contributed by atoms with E-state index in [0.717, 1.165) is 0 Å². The Bertz CT molecular complexity index is 293. The van der Waals surface area contributed by atoms with Gasteiger partial charge in [0.15, 0.2) is 0 Å². The fourth-order valence-corrected chi connectivity index (χ4v) is 1.51. The summed E-state index contributed by atoms with van der Waals surface area (Å²) in [6.07, 6.45) is 3.09. The minimum Gasteiger partial charge on any atom is -0.302 e. The summed E-state index contributed by atoms with van der Waals surface area (Å²) in [5.74, 6) is -0.200. The molecule has 2 amide bonds. The maximum atomic E-state index is 11.6. The summed E-state index contributed by atoms with van der Waals surface area (Å²) in [6.45, 7) is 4.71. The lowest BCUT2D eigenvalue weighted by Gasteiger charge is -2.27. The highest BCUT2D eigenvalue weighted by Gasteiger charge is 2.30. The van der Waals surface area contributed by atoms with Crippen molar-refractivity contribution in [1.82, 2.24) is 10.2 Å². The Hall–Kier alpha value is -1.16. The number of imide groups is 1. The molecule has 1 heterocycles. The molecule has 1 rings (SSSR count). The van der Waals surface area contributed by atoms with Gasteiger partial charge in [0, 0.05) is 20.0 Å². The summed E-state index contributed by atoms with van der Waals surface area (Å²) in [4.78, 5) is 24.0. The molecule has 1 unspecified atom stereocenters. The molecule has 0 aromatic carbocycles. The molecule has 0 spiro atoms. The minimum atomic E-state index is -0.205. The van der Waals surface area contributed by atoms with Gasteiger partial charge in [0.25, 0.3) is 0 Å². The Balaban J connectivity index is 2.46. The number of carbonyl (C=O) groups is 2. The summed E-state index contributed by atoms with van der Waals surface area (Å²) in [6, 6.07) is -0.205. The van der Waals surface area contributed by atoms with Crippen molar-refractivity contribution in [3.63, 3.8) is 0 Å². The number of carbonyl (C=O) groups excluding carboxylic acids is 2. The van der Waals surface area contributed by atoms with Crippen LogP contribution in [0.2, 0.25) is 0 Å². The van der Waals surface area contributed by atoms with Gasteiger partial charge in [0.05, 0.1) is 6.04 Å². The molecule has 0 radical (unpaired) electrons. The molecule has 1 aliphatic heterocycles. The van der Waals surface area contributed by atoms with Crippen LogP contribution in [0.3, 0.4) is 0 Å². The van der Waals surface area contributed by atoms with Crippen LogP contribution in [0.25, 0.3) is 0 Å². The van der Waals surface area contributed by atoms with Gasteiger partial charge in [0.2, 0.25) is 11.8 Å². The van der Waals surface area contributed by atoms with E-state index in [1.165, 1.54) is 10.5 Å². The zero-order valence-electron chi connectivity index (χ0n) is 9.54. The molecule has 1 N–H and O–H groups in total. The standard InChI is InChI=1S/C11H18N2O2/c1-8(2)6-7-12-9-4-5-10(14)13(3)11(9)15/h6,9,12H,4-5,7H2,1-3H3. The van der Waals surface area contributed by atoms with Crippen LogP contribution in [0.5, 0.6) is 0 Å². The van der Waals surface area contributed by atoms with Crippen molar-refractivity contribution in [2.24, 2.45) is 0 Å². The third-order valence-electron chi connectivity index (χ3n) is 2.52. The monoisotopic (exact) mass is 210 g/mol. The molecule has 1 saturated heterocycles. The largest absolute Gasteiger partial charge is 0.302 e. The Morgan fingerprint density at radius 1 is 1.53 bits per heavy atom. The van der Waals surface area contributed by atoms with Crippen LogP contribution in [0.15, 0.2) is 11.6 Å². The van der Waals surface area contributed by atoms with Crippen LogP contribution in [-0.2, 0) is 9.59 Å². The van der Waals surface area contributed by atoms with E-state index in [-0.39, 0.29) is 17.9 Å². The Kier molecular flexibility index (Phi) is 4.03. The SMILES string of the molecule is CC(C)=CCNC1CCC(=O)N(C)C1=O. The maximum absolute atomic E-state index is 11.6. The highest BCUT2D eigenvalue weighted by molar-refractivity contribution is 6.00. The average molecular weight is 210 g/mol. The molecule has 0 bridgehead atoms. The van der Waals surface area contributed by atoms with Crippen molar-refractivity contribution < 1.29 is 9.59 Å². The van der Waals surface area contributed by atoms with Crippen LogP contribution < -0.4 is 5.32 Å². The molecule has 1 atom stereocenters. The highest BCUT2D eigenvalue weighted by atomic mass is 16.2. The zero-order valence-corrected chi connectivity index (χ0v) is 9.54. The molecule has 84 valence electrons. The molecule has 1 aliphatic rings. The van der Waals surface area contributed by atoms with Crippen LogP contribution in [0.4, 0.5) is 0 Å². The topological polar surface area (TPSA) is 49.4 Å². The van der Waals surface area contributed by atoms with E-state index in [4.69, 9.17) is 0 Å². The van der Waals surface area contributed by atoms with E-state index in [1.54, 1.807) is 7.05 Å². The molecule has 15 heavy (non-hydrogen) atoms. The molecule has 0 aromatic rings. The van der Waals surface area contributed by atoms with Gasteiger partial charge in [-0.3, -0.25) is 14.5 Å². The maximum Gasteiger partial charge on any atom is 0.246 e. The van der Waals surface area contributed by atoms with E-state index in [2.05, 4.69) is 5.32 Å². The van der Waals surface area contributed by atoms with Crippen molar-refractivity contribution in [2.45, 2.75) is 32.7 Å².